The first-order valence-corrected chi connectivity index (χ1v) is 7.38. The number of aromatic nitrogens is 1. The van der Waals surface area contributed by atoms with Gasteiger partial charge in [-0.3, -0.25) is 0 Å². The van der Waals surface area contributed by atoms with Crippen LogP contribution >= 0.6 is 0 Å². The molecule has 0 atom stereocenters. The Morgan fingerprint density at radius 3 is 2.67 bits per heavy atom. The maximum atomic E-state index is 5.88. The molecule has 0 radical (unpaired) electrons. The SMILES string of the molecule is CCN(CC(C)(C)CN)c1nccc2ccc(OC)cc12. The highest BCUT2D eigenvalue weighted by Crippen LogP contribution is 2.29. The Morgan fingerprint density at radius 2 is 2.05 bits per heavy atom. The Balaban J connectivity index is 2.47. The number of anilines is 1. The molecule has 0 spiro atoms. The average Bonchev–Trinajstić information content (AvgIpc) is 2.51. The summed E-state index contributed by atoms with van der Waals surface area (Å²) in [6.07, 6.45) is 1.86. The van der Waals surface area contributed by atoms with Crippen LogP contribution in [0.2, 0.25) is 0 Å². The van der Waals surface area contributed by atoms with Crippen molar-refractivity contribution in [3.63, 3.8) is 0 Å². The van der Waals surface area contributed by atoms with Crippen molar-refractivity contribution in [3.05, 3.63) is 30.5 Å². The van der Waals surface area contributed by atoms with Crippen LogP contribution in [0.5, 0.6) is 5.75 Å². The van der Waals surface area contributed by atoms with Gasteiger partial charge in [0.15, 0.2) is 0 Å². The zero-order chi connectivity index (χ0) is 15.5. The molecule has 2 aromatic rings. The molecule has 1 aromatic heterocycles. The molecule has 4 nitrogen and oxygen atoms in total. The third-order valence-electron chi connectivity index (χ3n) is 3.81. The molecule has 1 heterocycles. The summed E-state index contributed by atoms with van der Waals surface area (Å²) in [6.45, 7) is 8.93. The molecule has 2 rings (SSSR count). The zero-order valence-corrected chi connectivity index (χ0v) is 13.4. The lowest BCUT2D eigenvalue weighted by Crippen LogP contribution is -2.39. The van der Waals surface area contributed by atoms with E-state index in [1.165, 1.54) is 5.39 Å². The second-order valence-electron chi connectivity index (χ2n) is 6.10. The summed E-state index contributed by atoms with van der Waals surface area (Å²) in [6, 6.07) is 8.13. The van der Waals surface area contributed by atoms with Crippen molar-refractivity contribution in [2.45, 2.75) is 20.8 Å². The topological polar surface area (TPSA) is 51.4 Å². The number of pyridine rings is 1. The molecule has 21 heavy (non-hydrogen) atoms. The predicted octanol–water partition coefficient (Wildman–Crippen LogP) is 3.05. The van der Waals surface area contributed by atoms with Crippen molar-refractivity contribution in [1.82, 2.24) is 4.98 Å². The van der Waals surface area contributed by atoms with E-state index in [4.69, 9.17) is 10.5 Å². The number of rotatable bonds is 6. The molecular formula is C17H25N3O. The van der Waals surface area contributed by atoms with Crippen LogP contribution in [0.4, 0.5) is 5.82 Å². The van der Waals surface area contributed by atoms with Crippen LogP contribution in [0.15, 0.2) is 30.5 Å². The van der Waals surface area contributed by atoms with Gasteiger partial charge in [0, 0.05) is 24.7 Å². The van der Waals surface area contributed by atoms with Gasteiger partial charge in [-0.05, 0) is 42.5 Å². The average molecular weight is 287 g/mol. The Labute approximate surface area is 126 Å². The number of hydrogen-bond donors (Lipinski definition) is 1. The fourth-order valence-electron chi connectivity index (χ4n) is 2.43. The van der Waals surface area contributed by atoms with Crippen LogP contribution < -0.4 is 15.4 Å². The molecule has 114 valence electrons. The van der Waals surface area contributed by atoms with E-state index in [9.17, 15) is 0 Å². The Bertz CT molecular complexity index is 610. The Hall–Kier alpha value is -1.81. The Morgan fingerprint density at radius 1 is 1.29 bits per heavy atom. The highest BCUT2D eigenvalue weighted by Gasteiger charge is 2.21. The standard InChI is InChI=1S/C17H25N3O/c1-5-20(12-17(2,3)11-18)16-15-10-14(21-4)7-6-13(15)8-9-19-16/h6-10H,5,11-12,18H2,1-4H3. The number of fused-ring (bicyclic) bond motifs is 1. The molecule has 0 unspecified atom stereocenters. The van der Waals surface area contributed by atoms with Gasteiger partial charge in [-0.25, -0.2) is 4.98 Å². The molecule has 0 saturated carbocycles. The number of benzene rings is 1. The number of nitrogens with zero attached hydrogens (tertiary/aromatic N) is 2. The summed E-state index contributed by atoms with van der Waals surface area (Å²) < 4.78 is 5.35. The predicted molar refractivity (Wildman–Crippen MR) is 89.0 cm³/mol. The second-order valence-corrected chi connectivity index (χ2v) is 6.10. The number of ether oxygens (including phenoxy) is 1. The fraction of sp³-hybridized carbons (Fsp3) is 0.471. The van der Waals surface area contributed by atoms with E-state index in [-0.39, 0.29) is 5.41 Å². The van der Waals surface area contributed by atoms with Gasteiger partial charge in [0.1, 0.15) is 11.6 Å². The largest absolute Gasteiger partial charge is 0.497 e. The van der Waals surface area contributed by atoms with Crippen LogP contribution in [-0.2, 0) is 0 Å². The van der Waals surface area contributed by atoms with Crippen molar-refractivity contribution in [2.24, 2.45) is 11.1 Å². The monoisotopic (exact) mass is 287 g/mol. The van der Waals surface area contributed by atoms with E-state index in [0.29, 0.717) is 6.54 Å². The van der Waals surface area contributed by atoms with Gasteiger partial charge in [-0.1, -0.05) is 19.9 Å². The van der Waals surface area contributed by atoms with E-state index in [1.54, 1.807) is 7.11 Å². The van der Waals surface area contributed by atoms with E-state index in [2.05, 4.69) is 42.8 Å². The highest BCUT2D eigenvalue weighted by molar-refractivity contribution is 5.93. The maximum Gasteiger partial charge on any atom is 0.136 e. The van der Waals surface area contributed by atoms with Crippen LogP contribution in [0, 0.1) is 5.41 Å². The third-order valence-corrected chi connectivity index (χ3v) is 3.81. The molecular weight excluding hydrogens is 262 g/mol. The van der Waals surface area contributed by atoms with Crippen LogP contribution in [-0.4, -0.2) is 31.7 Å². The molecule has 0 saturated heterocycles. The zero-order valence-electron chi connectivity index (χ0n) is 13.4. The molecule has 0 amide bonds. The molecule has 0 bridgehead atoms. The maximum absolute atomic E-state index is 5.88. The van der Waals surface area contributed by atoms with Gasteiger partial charge in [-0.2, -0.15) is 0 Å². The van der Waals surface area contributed by atoms with E-state index < -0.39 is 0 Å². The number of methoxy groups -OCH3 is 1. The lowest BCUT2D eigenvalue weighted by Gasteiger charge is -2.32. The molecule has 0 aliphatic rings. The first kappa shape index (κ1) is 15.6. The molecule has 4 heteroatoms. The van der Waals surface area contributed by atoms with Crippen LogP contribution in [0.1, 0.15) is 20.8 Å². The third kappa shape index (κ3) is 3.45. The summed E-state index contributed by atoms with van der Waals surface area (Å²) in [4.78, 5) is 6.89. The lowest BCUT2D eigenvalue weighted by molar-refractivity contribution is 0.379. The van der Waals surface area contributed by atoms with Gasteiger partial charge >= 0.3 is 0 Å². The van der Waals surface area contributed by atoms with Crippen LogP contribution in [0.25, 0.3) is 10.8 Å². The molecule has 0 fully saturated rings. The minimum Gasteiger partial charge on any atom is -0.497 e. The van der Waals surface area contributed by atoms with Crippen molar-refractivity contribution in [2.75, 3.05) is 31.6 Å². The lowest BCUT2D eigenvalue weighted by atomic mass is 9.93. The molecule has 0 aliphatic heterocycles. The fourth-order valence-corrected chi connectivity index (χ4v) is 2.43. The second kappa shape index (κ2) is 6.31. The first-order chi connectivity index (χ1) is 10.0. The van der Waals surface area contributed by atoms with Crippen LogP contribution in [0.3, 0.4) is 0 Å². The quantitative estimate of drug-likeness (QED) is 0.887. The van der Waals surface area contributed by atoms with E-state index >= 15 is 0 Å². The highest BCUT2D eigenvalue weighted by atomic mass is 16.5. The summed E-state index contributed by atoms with van der Waals surface area (Å²) in [5, 5.41) is 2.29. The van der Waals surface area contributed by atoms with Crippen molar-refractivity contribution >= 4 is 16.6 Å². The first-order valence-electron chi connectivity index (χ1n) is 7.38. The van der Waals surface area contributed by atoms with Gasteiger partial charge in [0.05, 0.1) is 7.11 Å². The molecule has 1 aromatic carbocycles. The summed E-state index contributed by atoms with van der Waals surface area (Å²) in [5.74, 6) is 1.85. The minimum atomic E-state index is 0.0543. The van der Waals surface area contributed by atoms with Crippen molar-refractivity contribution in [3.8, 4) is 5.75 Å². The van der Waals surface area contributed by atoms with E-state index in [0.717, 1.165) is 30.0 Å². The molecule has 2 N–H and O–H groups in total. The number of hydrogen-bond acceptors (Lipinski definition) is 4. The summed E-state index contributed by atoms with van der Waals surface area (Å²) >= 11 is 0. The van der Waals surface area contributed by atoms with Crippen molar-refractivity contribution in [1.29, 1.82) is 0 Å². The normalized spacial score (nSPS) is 11.7. The van der Waals surface area contributed by atoms with Gasteiger partial charge in [0.2, 0.25) is 0 Å². The molecule has 0 aliphatic carbocycles. The minimum absolute atomic E-state index is 0.0543. The van der Waals surface area contributed by atoms with Gasteiger partial charge < -0.3 is 15.4 Å². The van der Waals surface area contributed by atoms with Gasteiger partial charge in [0.25, 0.3) is 0 Å². The van der Waals surface area contributed by atoms with E-state index in [1.807, 2.05) is 18.3 Å². The van der Waals surface area contributed by atoms with Crippen molar-refractivity contribution < 1.29 is 4.74 Å². The summed E-state index contributed by atoms with van der Waals surface area (Å²) in [7, 11) is 1.69. The van der Waals surface area contributed by atoms with Gasteiger partial charge in [-0.15, -0.1) is 0 Å². The Kier molecular flexibility index (Phi) is 4.68. The smallest absolute Gasteiger partial charge is 0.136 e. The summed E-state index contributed by atoms with van der Waals surface area (Å²) in [5.41, 5.74) is 5.93. The number of nitrogens with two attached hydrogens (primary N) is 1.